The number of hydrogen-bond acceptors (Lipinski definition) is 1. The van der Waals surface area contributed by atoms with Gasteiger partial charge in [0, 0.05) is 6.04 Å². The van der Waals surface area contributed by atoms with E-state index in [0.717, 1.165) is 18.9 Å². The van der Waals surface area contributed by atoms with Gasteiger partial charge in [0.15, 0.2) is 0 Å². The number of hydrogen-bond donors (Lipinski definition) is 1. The van der Waals surface area contributed by atoms with E-state index in [2.05, 4.69) is 68.6 Å². The monoisotopic (exact) mass is 279 g/mol. The molecule has 0 spiro atoms. The van der Waals surface area contributed by atoms with Gasteiger partial charge in [-0.05, 0) is 60.0 Å². The molecule has 0 heterocycles. The Morgan fingerprint density at radius 3 is 2.52 bits per heavy atom. The third-order valence-corrected chi connectivity index (χ3v) is 4.49. The van der Waals surface area contributed by atoms with Gasteiger partial charge >= 0.3 is 0 Å². The Morgan fingerprint density at radius 2 is 1.71 bits per heavy atom. The maximum absolute atomic E-state index is 3.64. The third-order valence-electron chi connectivity index (χ3n) is 4.49. The average molecular weight is 279 g/mol. The Bertz CT molecular complexity index is 627. The van der Waals surface area contributed by atoms with E-state index in [1.807, 2.05) is 0 Å². The van der Waals surface area contributed by atoms with E-state index in [9.17, 15) is 0 Å². The van der Waals surface area contributed by atoms with Gasteiger partial charge in [-0.1, -0.05) is 56.3 Å². The largest absolute Gasteiger partial charge is 0.310 e. The molecule has 1 unspecified atom stereocenters. The molecule has 2 aromatic carbocycles. The summed E-state index contributed by atoms with van der Waals surface area (Å²) in [7, 11) is 0. The Morgan fingerprint density at radius 1 is 0.952 bits per heavy atom. The van der Waals surface area contributed by atoms with Gasteiger partial charge in [-0.25, -0.2) is 0 Å². The van der Waals surface area contributed by atoms with Gasteiger partial charge in [0.25, 0.3) is 0 Å². The van der Waals surface area contributed by atoms with Crippen LogP contribution in [0.5, 0.6) is 0 Å². The lowest BCUT2D eigenvalue weighted by Gasteiger charge is -2.16. The first kappa shape index (κ1) is 14.3. The van der Waals surface area contributed by atoms with Crippen molar-refractivity contribution in [1.29, 1.82) is 0 Å². The molecule has 1 N–H and O–H groups in total. The molecule has 0 aliphatic heterocycles. The highest BCUT2D eigenvalue weighted by Crippen LogP contribution is 2.37. The van der Waals surface area contributed by atoms with E-state index in [1.165, 1.54) is 34.2 Å². The van der Waals surface area contributed by atoms with Crippen LogP contribution < -0.4 is 5.32 Å². The van der Waals surface area contributed by atoms with Crippen molar-refractivity contribution in [3.63, 3.8) is 0 Å². The second-order valence-corrected chi connectivity index (χ2v) is 6.61. The molecule has 2 aromatic rings. The first-order chi connectivity index (χ1) is 10.1. The minimum atomic E-state index is 0.428. The first-order valence-corrected chi connectivity index (χ1v) is 8.09. The molecule has 1 atom stereocenters. The minimum absolute atomic E-state index is 0.428. The van der Waals surface area contributed by atoms with Gasteiger partial charge in [-0.3, -0.25) is 0 Å². The SMILES string of the molecule is CC(C)CCNC(C)c1ccc2c(c1)Cc1ccccc1-2. The Labute approximate surface area is 128 Å². The predicted molar refractivity (Wildman–Crippen MR) is 90.6 cm³/mol. The zero-order valence-electron chi connectivity index (χ0n) is 13.3. The zero-order chi connectivity index (χ0) is 14.8. The number of nitrogens with one attached hydrogen (secondary N) is 1. The highest BCUT2D eigenvalue weighted by molar-refractivity contribution is 5.76. The highest BCUT2D eigenvalue weighted by Gasteiger charge is 2.18. The van der Waals surface area contributed by atoms with Crippen LogP contribution in [0.2, 0.25) is 0 Å². The second-order valence-electron chi connectivity index (χ2n) is 6.61. The summed E-state index contributed by atoms with van der Waals surface area (Å²) in [6.07, 6.45) is 2.32. The van der Waals surface area contributed by atoms with Crippen LogP contribution in [0.3, 0.4) is 0 Å². The molecule has 0 radical (unpaired) electrons. The summed E-state index contributed by atoms with van der Waals surface area (Å²) in [5.74, 6) is 0.763. The summed E-state index contributed by atoms with van der Waals surface area (Å²) in [5, 5.41) is 3.64. The summed E-state index contributed by atoms with van der Waals surface area (Å²) in [4.78, 5) is 0. The quantitative estimate of drug-likeness (QED) is 0.696. The Hall–Kier alpha value is -1.60. The molecular weight excluding hydrogens is 254 g/mol. The number of fused-ring (bicyclic) bond motifs is 3. The fraction of sp³-hybridized carbons (Fsp3) is 0.400. The second kappa shape index (κ2) is 6.03. The van der Waals surface area contributed by atoms with E-state index in [-0.39, 0.29) is 0 Å². The van der Waals surface area contributed by atoms with Gasteiger partial charge in [0.2, 0.25) is 0 Å². The van der Waals surface area contributed by atoms with Crippen LogP contribution in [0.4, 0.5) is 0 Å². The van der Waals surface area contributed by atoms with Crippen molar-refractivity contribution in [3.05, 3.63) is 59.2 Å². The van der Waals surface area contributed by atoms with Gasteiger partial charge in [-0.15, -0.1) is 0 Å². The zero-order valence-corrected chi connectivity index (χ0v) is 13.3. The van der Waals surface area contributed by atoms with Crippen molar-refractivity contribution in [2.45, 2.75) is 39.7 Å². The van der Waals surface area contributed by atoms with E-state index in [4.69, 9.17) is 0 Å². The Kier molecular flexibility index (Phi) is 4.12. The normalized spacial score (nSPS) is 14.1. The highest BCUT2D eigenvalue weighted by atomic mass is 14.9. The molecule has 0 saturated carbocycles. The van der Waals surface area contributed by atoms with Gasteiger partial charge < -0.3 is 5.32 Å². The van der Waals surface area contributed by atoms with Crippen LogP contribution in [0.15, 0.2) is 42.5 Å². The van der Waals surface area contributed by atoms with Gasteiger partial charge in [-0.2, -0.15) is 0 Å². The molecule has 0 amide bonds. The molecule has 1 aliphatic carbocycles. The van der Waals surface area contributed by atoms with Crippen molar-refractivity contribution in [2.24, 2.45) is 5.92 Å². The summed E-state index contributed by atoms with van der Waals surface area (Å²) in [6, 6.07) is 16.2. The summed E-state index contributed by atoms with van der Waals surface area (Å²) >= 11 is 0. The van der Waals surface area contributed by atoms with E-state index in [1.54, 1.807) is 0 Å². The van der Waals surface area contributed by atoms with Crippen LogP contribution >= 0.6 is 0 Å². The molecule has 21 heavy (non-hydrogen) atoms. The third kappa shape index (κ3) is 3.03. The van der Waals surface area contributed by atoms with Crippen molar-refractivity contribution in [3.8, 4) is 11.1 Å². The molecule has 0 bridgehead atoms. The van der Waals surface area contributed by atoms with E-state index in [0.29, 0.717) is 6.04 Å². The molecule has 110 valence electrons. The van der Waals surface area contributed by atoms with Crippen molar-refractivity contribution in [1.82, 2.24) is 5.32 Å². The lowest BCUT2D eigenvalue weighted by Crippen LogP contribution is -2.21. The molecule has 1 nitrogen and oxygen atoms in total. The standard InChI is InChI=1S/C20H25N/c1-14(2)10-11-21-15(3)16-8-9-20-18(12-16)13-17-6-4-5-7-19(17)20/h4-9,12,14-15,21H,10-11,13H2,1-3H3. The van der Waals surface area contributed by atoms with Crippen molar-refractivity contribution >= 4 is 0 Å². The summed E-state index contributed by atoms with van der Waals surface area (Å²) < 4.78 is 0. The average Bonchev–Trinajstić information content (AvgIpc) is 2.84. The lowest BCUT2D eigenvalue weighted by atomic mass is 10.00. The predicted octanol–water partition coefficient (Wildman–Crippen LogP) is 4.95. The van der Waals surface area contributed by atoms with E-state index < -0.39 is 0 Å². The van der Waals surface area contributed by atoms with Crippen molar-refractivity contribution < 1.29 is 0 Å². The molecule has 1 heteroatoms. The smallest absolute Gasteiger partial charge is 0.0291 e. The maximum atomic E-state index is 3.64. The van der Waals surface area contributed by atoms with Crippen LogP contribution in [-0.2, 0) is 6.42 Å². The topological polar surface area (TPSA) is 12.0 Å². The summed E-state index contributed by atoms with van der Waals surface area (Å²) in [5.41, 5.74) is 7.18. The van der Waals surface area contributed by atoms with Crippen LogP contribution in [0.25, 0.3) is 11.1 Å². The first-order valence-electron chi connectivity index (χ1n) is 8.09. The van der Waals surface area contributed by atoms with Crippen LogP contribution in [-0.4, -0.2) is 6.54 Å². The lowest BCUT2D eigenvalue weighted by molar-refractivity contribution is 0.497. The molecular formula is C20H25N. The van der Waals surface area contributed by atoms with Crippen LogP contribution in [0, 0.1) is 5.92 Å². The number of rotatable bonds is 5. The molecule has 0 fully saturated rings. The molecule has 3 rings (SSSR count). The fourth-order valence-electron chi connectivity index (χ4n) is 3.14. The maximum Gasteiger partial charge on any atom is 0.0291 e. The minimum Gasteiger partial charge on any atom is -0.310 e. The molecule has 0 saturated heterocycles. The van der Waals surface area contributed by atoms with E-state index >= 15 is 0 Å². The van der Waals surface area contributed by atoms with Gasteiger partial charge in [0.1, 0.15) is 0 Å². The fourth-order valence-corrected chi connectivity index (χ4v) is 3.14. The molecule has 0 aromatic heterocycles. The number of benzene rings is 2. The summed E-state index contributed by atoms with van der Waals surface area (Å²) in [6.45, 7) is 7.91. The van der Waals surface area contributed by atoms with Crippen LogP contribution in [0.1, 0.15) is 49.9 Å². The van der Waals surface area contributed by atoms with Crippen molar-refractivity contribution in [2.75, 3.05) is 6.54 Å². The van der Waals surface area contributed by atoms with Gasteiger partial charge in [0.05, 0.1) is 0 Å². The Balaban J connectivity index is 1.74. The molecule has 1 aliphatic rings.